The number of amides is 2. The van der Waals surface area contributed by atoms with Gasteiger partial charge in [-0.05, 0) is 39.2 Å². The Kier molecular flexibility index (Phi) is 5.51. The Hall–Kier alpha value is -2.52. The van der Waals surface area contributed by atoms with Gasteiger partial charge in [-0.3, -0.25) is 23.9 Å². The van der Waals surface area contributed by atoms with Crippen LogP contribution in [0.3, 0.4) is 0 Å². The molecule has 0 aromatic carbocycles. The van der Waals surface area contributed by atoms with E-state index in [0.717, 1.165) is 32.2 Å². The molecule has 0 bridgehead atoms. The van der Waals surface area contributed by atoms with Crippen LogP contribution in [0.2, 0.25) is 0 Å². The van der Waals surface area contributed by atoms with Gasteiger partial charge in [-0.1, -0.05) is 0 Å². The largest absolute Gasteiger partial charge is 0.442 e. The van der Waals surface area contributed by atoms with Gasteiger partial charge < -0.3 is 14.5 Å². The zero-order valence-electron chi connectivity index (χ0n) is 16.8. The fraction of sp³-hybridized carbons (Fsp3) is 0.600. The van der Waals surface area contributed by atoms with Gasteiger partial charge >= 0.3 is 0 Å². The lowest BCUT2D eigenvalue weighted by Crippen LogP contribution is -2.47. The molecular weight excluding hydrogens is 376 g/mol. The predicted octanol–water partition coefficient (Wildman–Crippen LogP) is 1.08. The van der Waals surface area contributed by atoms with Crippen LogP contribution in [0.5, 0.6) is 0 Å². The molecule has 2 fully saturated rings. The molecule has 2 aromatic rings. The van der Waals surface area contributed by atoms with Gasteiger partial charge in [0, 0.05) is 19.7 Å². The SMILES string of the molecule is COCCn1cnc2oc(C)c(C(=O)N(C(=O)C3CCCNC3)C3CC3)c2c1=O. The zero-order valence-corrected chi connectivity index (χ0v) is 16.8. The Morgan fingerprint density at radius 2 is 2.17 bits per heavy atom. The number of piperidine rings is 1. The molecule has 1 atom stereocenters. The van der Waals surface area contributed by atoms with Crippen LogP contribution in [-0.2, 0) is 16.1 Å². The average Bonchev–Trinajstić information content (AvgIpc) is 3.49. The van der Waals surface area contributed by atoms with E-state index in [4.69, 9.17) is 9.15 Å². The second-order valence-corrected chi connectivity index (χ2v) is 7.74. The number of hydrogen-bond acceptors (Lipinski definition) is 7. The predicted molar refractivity (Wildman–Crippen MR) is 105 cm³/mol. The molecule has 1 unspecified atom stereocenters. The minimum atomic E-state index is -0.456. The molecule has 1 saturated heterocycles. The number of carbonyl (C=O) groups is 2. The monoisotopic (exact) mass is 402 g/mol. The van der Waals surface area contributed by atoms with Crippen LogP contribution in [0.1, 0.15) is 41.8 Å². The number of rotatable bonds is 6. The van der Waals surface area contributed by atoms with Crippen molar-refractivity contribution in [2.24, 2.45) is 5.92 Å². The number of imide groups is 1. The first-order valence-electron chi connectivity index (χ1n) is 10.1. The lowest BCUT2D eigenvalue weighted by atomic mass is 9.97. The molecule has 0 radical (unpaired) electrons. The van der Waals surface area contributed by atoms with Crippen molar-refractivity contribution in [2.75, 3.05) is 26.8 Å². The highest BCUT2D eigenvalue weighted by molar-refractivity contribution is 6.12. The molecule has 0 spiro atoms. The first-order chi connectivity index (χ1) is 14.0. The van der Waals surface area contributed by atoms with E-state index in [9.17, 15) is 14.4 Å². The van der Waals surface area contributed by atoms with Crippen LogP contribution < -0.4 is 10.9 Å². The van der Waals surface area contributed by atoms with Gasteiger partial charge in [0.1, 0.15) is 17.5 Å². The molecule has 2 aliphatic rings. The molecule has 1 saturated carbocycles. The molecule has 4 rings (SSSR count). The Balaban J connectivity index is 1.73. The van der Waals surface area contributed by atoms with Gasteiger partial charge in [-0.15, -0.1) is 0 Å². The number of furan rings is 1. The third-order valence-electron chi connectivity index (χ3n) is 5.62. The lowest BCUT2D eigenvalue weighted by molar-refractivity contribution is -0.133. The molecule has 2 amide bonds. The van der Waals surface area contributed by atoms with Crippen molar-refractivity contribution in [1.29, 1.82) is 0 Å². The first kappa shape index (κ1) is 19.8. The lowest BCUT2D eigenvalue weighted by Gasteiger charge is -2.28. The normalized spacial score (nSPS) is 19.4. The number of hydrogen-bond donors (Lipinski definition) is 1. The highest BCUT2D eigenvalue weighted by Gasteiger charge is 2.42. The maximum atomic E-state index is 13.5. The topological polar surface area (TPSA) is 107 Å². The van der Waals surface area contributed by atoms with E-state index in [-0.39, 0.29) is 40.1 Å². The molecule has 156 valence electrons. The number of ether oxygens (including phenoxy) is 1. The van der Waals surface area contributed by atoms with E-state index < -0.39 is 5.91 Å². The number of nitrogens with zero attached hydrogens (tertiary/aromatic N) is 3. The van der Waals surface area contributed by atoms with Crippen LogP contribution in [0.15, 0.2) is 15.5 Å². The van der Waals surface area contributed by atoms with Crippen LogP contribution >= 0.6 is 0 Å². The second-order valence-electron chi connectivity index (χ2n) is 7.74. The van der Waals surface area contributed by atoms with Gasteiger partial charge in [-0.25, -0.2) is 4.98 Å². The Morgan fingerprint density at radius 3 is 2.83 bits per heavy atom. The summed E-state index contributed by atoms with van der Waals surface area (Å²) in [6.07, 6.45) is 4.65. The van der Waals surface area contributed by atoms with Gasteiger partial charge in [0.25, 0.3) is 11.5 Å². The summed E-state index contributed by atoms with van der Waals surface area (Å²) in [5, 5.41) is 3.36. The van der Waals surface area contributed by atoms with E-state index >= 15 is 0 Å². The highest BCUT2D eigenvalue weighted by atomic mass is 16.5. The average molecular weight is 402 g/mol. The van der Waals surface area contributed by atoms with E-state index in [1.54, 1.807) is 14.0 Å². The fourth-order valence-corrected chi connectivity index (χ4v) is 3.90. The van der Waals surface area contributed by atoms with Gasteiger partial charge in [0.2, 0.25) is 11.6 Å². The number of methoxy groups -OCH3 is 1. The number of nitrogens with one attached hydrogen (secondary N) is 1. The molecule has 1 aliphatic heterocycles. The third kappa shape index (κ3) is 3.72. The van der Waals surface area contributed by atoms with Crippen LogP contribution in [-0.4, -0.2) is 59.1 Å². The Bertz CT molecular complexity index is 985. The Morgan fingerprint density at radius 1 is 1.38 bits per heavy atom. The van der Waals surface area contributed by atoms with Crippen molar-refractivity contribution >= 4 is 22.9 Å². The molecule has 3 heterocycles. The summed E-state index contributed by atoms with van der Waals surface area (Å²) in [6, 6.07) is -0.103. The summed E-state index contributed by atoms with van der Waals surface area (Å²) < 4.78 is 12.0. The molecule has 9 heteroatoms. The molecule has 1 aliphatic carbocycles. The van der Waals surface area contributed by atoms with Gasteiger partial charge in [0.15, 0.2) is 0 Å². The van der Waals surface area contributed by atoms with E-state index in [0.29, 0.717) is 25.5 Å². The van der Waals surface area contributed by atoms with Crippen LogP contribution in [0, 0.1) is 12.8 Å². The summed E-state index contributed by atoms with van der Waals surface area (Å²) in [6.45, 7) is 3.75. The highest BCUT2D eigenvalue weighted by Crippen LogP contribution is 2.33. The number of carbonyl (C=O) groups excluding carboxylic acids is 2. The molecule has 1 N–H and O–H groups in total. The number of aryl methyl sites for hydroxylation is 1. The standard InChI is InChI=1S/C20H26N4O5/c1-12-15(16-17(29-12)22-11-23(19(16)26)8-9-28-2)20(27)24(14-5-6-14)18(25)13-4-3-7-21-10-13/h11,13-14,21H,3-10H2,1-2H3. The van der Waals surface area contributed by atoms with E-state index in [2.05, 4.69) is 10.3 Å². The van der Waals surface area contributed by atoms with Crippen molar-refractivity contribution < 1.29 is 18.7 Å². The maximum Gasteiger partial charge on any atom is 0.265 e. The van der Waals surface area contributed by atoms with Crippen molar-refractivity contribution in [3.8, 4) is 0 Å². The maximum absolute atomic E-state index is 13.5. The van der Waals surface area contributed by atoms with Crippen molar-refractivity contribution in [2.45, 2.75) is 45.2 Å². The van der Waals surface area contributed by atoms with Crippen molar-refractivity contribution in [3.05, 3.63) is 28.0 Å². The molecule has 2 aromatic heterocycles. The number of aromatic nitrogens is 2. The summed E-state index contributed by atoms with van der Waals surface area (Å²) in [4.78, 5) is 45.2. The van der Waals surface area contributed by atoms with Crippen LogP contribution in [0.4, 0.5) is 0 Å². The van der Waals surface area contributed by atoms with Gasteiger partial charge in [0.05, 0.1) is 24.6 Å². The van der Waals surface area contributed by atoms with E-state index in [1.165, 1.54) is 15.8 Å². The summed E-state index contributed by atoms with van der Waals surface area (Å²) in [7, 11) is 1.55. The molecular formula is C20H26N4O5. The summed E-state index contributed by atoms with van der Waals surface area (Å²) in [5.41, 5.74) is -0.102. The minimum Gasteiger partial charge on any atom is -0.442 e. The fourth-order valence-electron chi connectivity index (χ4n) is 3.90. The second kappa shape index (κ2) is 8.08. The quantitative estimate of drug-likeness (QED) is 0.721. The van der Waals surface area contributed by atoms with E-state index in [1.807, 2.05) is 0 Å². The molecule has 29 heavy (non-hydrogen) atoms. The van der Waals surface area contributed by atoms with Gasteiger partial charge in [-0.2, -0.15) is 0 Å². The van der Waals surface area contributed by atoms with Crippen molar-refractivity contribution in [3.63, 3.8) is 0 Å². The molecule has 9 nitrogen and oxygen atoms in total. The third-order valence-corrected chi connectivity index (χ3v) is 5.62. The van der Waals surface area contributed by atoms with Crippen LogP contribution in [0.25, 0.3) is 11.1 Å². The summed E-state index contributed by atoms with van der Waals surface area (Å²) in [5.74, 6) is -0.535. The van der Waals surface area contributed by atoms with Crippen molar-refractivity contribution in [1.82, 2.24) is 19.8 Å². The Labute approximate surface area is 168 Å². The first-order valence-corrected chi connectivity index (χ1v) is 10.1. The smallest absolute Gasteiger partial charge is 0.265 e. The minimum absolute atomic E-state index is 0.103. The number of fused-ring (bicyclic) bond motifs is 1. The summed E-state index contributed by atoms with van der Waals surface area (Å²) >= 11 is 0. The zero-order chi connectivity index (χ0) is 20.5.